The molecule has 0 saturated carbocycles. The van der Waals surface area contributed by atoms with Crippen molar-refractivity contribution < 1.29 is 14.7 Å². The molecule has 4 rings (SSSR count). The van der Waals surface area contributed by atoms with Crippen molar-refractivity contribution in [3.05, 3.63) is 66.0 Å². The number of rotatable bonds is 8. The number of thioether (sulfide) groups is 1. The fourth-order valence-corrected chi connectivity index (χ4v) is 6.50. The number of amides is 2. The quantitative estimate of drug-likeness (QED) is 0.102. The molecule has 0 radical (unpaired) electrons. The van der Waals surface area contributed by atoms with E-state index < -0.39 is 0 Å². The molecule has 0 aliphatic carbocycles. The highest BCUT2D eigenvalue weighted by Crippen LogP contribution is 2.41. The van der Waals surface area contributed by atoms with Gasteiger partial charge in [0.1, 0.15) is 19.4 Å². The van der Waals surface area contributed by atoms with Crippen molar-refractivity contribution >= 4 is 54.7 Å². The van der Waals surface area contributed by atoms with Crippen molar-refractivity contribution in [3.63, 3.8) is 0 Å². The average molecular weight is 613 g/mol. The molecule has 230 valence electrons. The third-order valence-corrected chi connectivity index (χ3v) is 8.88. The molecule has 1 fully saturated rings. The van der Waals surface area contributed by atoms with Gasteiger partial charge in [-0.25, -0.2) is 4.98 Å². The number of amidine groups is 1. The van der Waals surface area contributed by atoms with Gasteiger partial charge < -0.3 is 14.9 Å². The van der Waals surface area contributed by atoms with Crippen LogP contribution >= 0.6 is 11.8 Å². The molecule has 0 spiro atoms. The van der Waals surface area contributed by atoms with Gasteiger partial charge in [-0.15, -0.1) is 11.8 Å². The van der Waals surface area contributed by atoms with Crippen LogP contribution in [0.1, 0.15) is 50.4 Å². The molecule has 2 amide bonds. The second-order valence-electron chi connectivity index (χ2n) is 11.5. The van der Waals surface area contributed by atoms with E-state index in [9.17, 15) is 14.7 Å². The first-order chi connectivity index (χ1) is 21.0. The Hall–Kier alpha value is -4.12. The van der Waals surface area contributed by atoms with E-state index in [1.807, 2.05) is 64.9 Å². The molecule has 2 aromatic heterocycles. The number of aryl methyl sites for hydroxylation is 1. The van der Waals surface area contributed by atoms with Gasteiger partial charge in [0.15, 0.2) is 5.82 Å². The molecular weight excluding hydrogens is 571 g/mol. The lowest BCUT2D eigenvalue weighted by Crippen LogP contribution is -2.59. The van der Waals surface area contributed by atoms with Gasteiger partial charge in [0.2, 0.25) is 12.3 Å². The SMILES string of the molecule is Bc1cccc(O)c1-c1nc(N(C=O)c2c(SC)ccnc2C(C)C)c(/C(=N\C)N2C[C@@H](C)N(C(=O)C=C)CC2C)cc1C. The summed E-state index contributed by atoms with van der Waals surface area (Å²) in [6, 6.07) is 9.10. The first kappa shape index (κ1) is 32.8. The summed E-state index contributed by atoms with van der Waals surface area (Å²) in [7, 11) is 3.66. The summed E-state index contributed by atoms with van der Waals surface area (Å²) in [5.74, 6) is 1.09. The molecule has 1 saturated heterocycles. The number of anilines is 2. The highest BCUT2D eigenvalue weighted by Gasteiger charge is 2.35. The maximum Gasteiger partial charge on any atom is 0.246 e. The predicted octanol–water partition coefficient (Wildman–Crippen LogP) is 4.04. The molecule has 44 heavy (non-hydrogen) atoms. The molecule has 11 heteroatoms. The van der Waals surface area contributed by atoms with Crippen LogP contribution < -0.4 is 10.4 Å². The first-order valence-corrected chi connectivity index (χ1v) is 16.0. The molecule has 1 aliphatic rings. The number of pyridine rings is 2. The largest absolute Gasteiger partial charge is 0.507 e. The number of aromatic nitrogens is 2. The maximum absolute atomic E-state index is 13.2. The van der Waals surface area contributed by atoms with Crippen molar-refractivity contribution in [1.29, 1.82) is 0 Å². The van der Waals surface area contributed by atoms with Crippen LogP contribution in [0.15, 0.2) is 59.1 Å². The van der Waals surface area contributed by atoms with Crippen molar-refractivity contribution in [2.75, 3.05) is 31.3 Å². The van der Waals surface area contributed by atoms with E-state index in [4.69, 9.17) is 9.98 Å². The molecule has 1 unspecified atom stereocenters. The molecule has 1 N–H and O–H groups in total. The highest BCUT2D eigenvalue weighted by molar-refractivity contribution is 7.98. The van der Waals surface area contributed by atoms with Crippen LogP contribution in [-0.4, -0.2) is 89.4 Å². The van der Waals surface area contributed by atoms with Gasteiger partial charge in [-0.2, -0.15) is 0 Å². The van der Waals surface area contributed by atoms with E-state index in [-0.39, 0.29) is 29.7 Å². The lowest BCUT2D eigenvalue weighted by Gasteiger charge is -2.45. The minimum Gasteiger partial charge on any atom is -0.507 e. The number of piperazine rings is 1. The fraction of sp³-hybridized carbons (Fsp3) is 0.364. The third-order valence-electron chi connectivity index (χ3n) is 8.11. The summed E-state index contributed by atoms with van der Waals surface area (Å²) in [4.78, 5) is 46.9. The summed E-state index contributed by atoms with van der Waals surface area (Å²) in [6.07, 6.45) is 5.87. The Balaban J connectivity index is 2.01. The summed E-state index contributed by atoms with van der Waals surface area (Å²) in [6.45, 7) is 14.8. The predicted molar refractivity (Wildman–Crippen MR) is 183 cm³/mol. The molecule has 1 aromatic carbocycles. The van der Waals surface area contributed by atoms with Crippen molar-refractivity contribution in [2.24, 2.45) is 4.99 Å². The topological polar surface area (TPSA) is 102 Å². The fourth-order valence-electron chi connectivity index (χ4n) is 5.90. The summed E-state index contributed by atoms with van der Waals surface area (Å²) in [5, 5.41) is 10.9. The minimum atomic E-state index is -0.103. The van der Waals surface area contributed by atoms with Gasteiger partial charge in [0.05, 0.1) is 22.6 Å². The number of phenolic OH excluding ortho intramolecular Hbond substituents is 1. The number of aliphatic imine (C=N–C) groups is 1. The molecule has 0 bridgehead atoms. The van der Waals surface area contributed by atoms with E-state index in [2.05, 4.69) is 23.4 Å². The van der Waals surface area contributed by atoms with Crippen LogP contribution in [-0.2, 0) is 9.59 Å². The van der Waals surface area contributed by atoms with Gasteiger partial charge in [-0.3, -0.25) is 24.5 Å². The normalized spacial score (nSPS) is 17.1. The molecule has 9 nitrogen and oxygen atoms in total. The Bertz CT molecular complexity index is 1590. The van der Waals surface area contributed by atoms with Crippen molar-refractivity contribution in [1.82, 2.24) is 19.8 Å². The maximum atomic E-state index is 13.2. The van der Waals surface area contributed by atoms with Gasteiger partial charge in [0, 0.05) is 48.9 Å². The highest BCUT2D eigenvalue weighted by atomic mass is 32.2. The zero-order valence-corrected chi connectivity index (χ0v) is 27.6. The average Bonchev–Trinajstić information content (AvgIpc) is 3.00. The Morgan fingerprint density at radius 3 is 2.50 bits per heavy atom. The molecule has 3 heterocycles. The van der Waals surface area contributed by atoms with Crippen LogP contribution in [0, 0.1) is 6.92 Å². The van der Waals surface area contributed by atoms with E-state index in [1.165, 1.54) is 17.8 Å². The van der Waals surface area contributed by atoms with Crippen LogP contribution in [0.4, 0.5) is 11.5 Å². The smallest absolute Gasteiger partial charge is 0.246 e. The van der Waals surface area contributed by atoms with Gasteiger partial charge >= 0.3 is 0 Å². The van der Waals surface area contributed by atoms with Crippen LogP contribution in [0.5, 0.6) is 5.75 Å². The zero-order chi connectivity index (χ0) is 32.3. The monoisotopic (exact) mass is 612 g/mol. The Morgan fingerprint density at radius 1 is 1.23 bits per heavy atom. The number of aromatic hydroxyl groups is 1. The van der Waals surface area contributed by atoms with E-state index in [0.29, 0.717) is 47.3 Å². The van der Waals surface area contributed by atoms with Gasteiger partial charge in [-0.05, 0) is 62.8 Å². The van der Waals surface area contributed by atoms with Crippen molar-refractivity contribution in [3.8, 4) is 17.0 Å². The Morgan fingerprint density at radius 2 is 1.91 bits per heavy atom. The lowest BCUT2D eigenvalue weighted by atomic mass is 9.87. The van der Waals surface area contributed by atoms with Gasteiger partial charge in [0.25, 0.3) is 0 Å². The van der Waals surface area contributed by atoms with Crippen LogP contribution in [0.3, 0.4) is 0 Å². The van der Waals surface area contributed by atoms with Crippen LogP contribution in [0.25, 0.3) is 11.3 Å². The zero-order valence-electron chi connectivity index (χ0n) is 26.8. The van der Waals surface area contributed by atoms with Gasteiger partial charge in [-0.1, -0.05) is 38.0 Å². The second kappa shape index (κ2) is 13.7. The van der Waals surface area contributed by atoms with Crippen LogP contribution in [0.2, 0.25) is 0 Å². The van der Waals surface area contributed by atoms with E-state index >= 15 is 0 Å². The lowest BCUT2D eigenvalue weighted by molar-refractivity contribution is -0.130. The minimum absolute atomic E-state index is 0.0315. The summed E-state index contributed by atoms with van der Waals surface area (Å²) >= 11 is 1.53. The number of benzene rings is 1. The molecule has 3 aromatic rings. The third kappa shape index (κ3) is 6.10. The van der Waals surface area contributed by atoms with E-state index in [0.717, 1.165) is 28.0 Å². The standard InChI is InChI=1S/C33H41BN6O3S/c1-9-27(43)38-16-22(6)39(17-21(38)5)32(35-7)23-15-20(4)30(28-24(34)11-10-12-25(28)42)37-33(23)40(18-41)31-26(44-8)13-14-36-29(31)19(2)3/h9-15,18-19,21-22,42H,1,16-17,34H2,2-8H3/b35-32+/t21-,22?/m1/s1. The summed E-state index contributed by atoms with van der Waals surface area (Å²) in [5.41, 5.74) is 4.97. The van der Waals surface area contributed by atoms with Crippen molar-refractivity contribution in [2.45, 2.75) is 57.5 Å². The number of hydrogen-bond donors (Lipinski definition) is 1. The molecular formula is C33H41BN6O3S. The Kier molecular flexibility index (Phi) is 10.2. The summed E-state index contributed by atoms with van der Waals surface area (Å²) < 4.78 is 0. The second-order valence-corrected chi connectivity index (χ2v) is 12.3. The number of carbonyl (C=O) groups excluding carboxylic acids is 2. The number of hydrogen-bond acceptors (Lipinski definition) is 7. The van der Waals surface area contributed by atoms with E-state index in [1.54, 1.807) is 30.3 Å². The molecule has 1 aliphatic heterocycles. The number of nitrogens with zero attached hydrogens (tertiary/aromatic N) is 6. The first-order valence-electron chi connectivity index (χ1n) is 14.7. The number of phenols is 1. The number of carbonyl (C=O) groups is 2. The Labute approximate surface area is 265 Å². The molecule has 2 atom stereocenters.